The minimum Gasteiger partial charge on any atom is -0.394 e. The molecule has 4 rings (SSSR count). The van der Waals surface area contributed by atoms with Crippen molar-refractivity contribution >= 4 is 22.8 Å². The largest absolute Gasteiger partial charge is 0.394 e. The van der Waals surface area contributed by atoms with Gasteiger partial charge in [0, 0.05) is 23.2 Å². The molecular weight excluding hydrogens is 340 g/mol. The van der Waals surface area contributed by atoms with E-state index in [1.165, 1.54) is 6.42 Å². The van der Waals surface area contributed by atoms with Crippen molar-refractivity contribution in [3.8, 4) is 0 Å². The van der Waals surface area contributed by atoms with Crippen LogP contribution in [0.5, 0.6) is 0 Å². The maximum Gasteiger partial charge on any atom is 0.251 e. The van der Waals surface area contributed by atoms with Crippen molar-refractivity contribution in [1.29, 1.82) is 0 Å². The fourth-order valence-electron chi connectivity index (χ4n) is 3.13. The van der Waals surface area contributed by atoms with Crippen LogP contribution in [0, 0.1) is 0 Å². The Labute approximate surface area is 157 Å². The fraction of sp³-hybridized carbons (Fsp3) is 0.286. The van der Waals surface area contributed by atoms with Gasteiger partial charge in [-0.15, -0.1) is 0 Å². The van der Waals surface area contributed by atoms with Crippen LogP contribution < -0.4 is 10.6 Å². The van der Waals surface area contributed by atoms with Gasteiger partial charge in [0.15, 0.2) is 0 Å². The van der Waals surface area contributed by atoms with E-state index < -0.39 is 6.04 Å². The van der Waals surface area contributed by atoms with Gasteiger partial charge in [0.05, 0.1) is 18.2 Å². The monoisotopic (exact) mass is 362 g/mol. The van der Waals surface area contributed by atoms with Crippen molar-refractivity contribution < 1.29 is 9.90 Å². The van der Waals surface area contributed by atoms with Gasteiger partial charge in [-0.05, 0) is 37.0 Å². The number of hydrogen-bond donors (Lipinski definition) is 3. The molecule has 1 aromatic heterocycles. The summed E-state index contributed by atoms with van der Waals surface area (Å²) in [4.78, 5) is 21.6. The van der Waals surface area contributed by atoms with E-state index in [2.05, 4.69) is 20.6 Å². The van der Waals surface area contributed by atoms with Crippen LogP contribution in [0.4, 0.5) is 5.95 Å². The molecule has 1 amide bonds. The third kappa shape index (κ3) is 3.90. The molecule has 1 fully saturated rings. The summed E-state index contributed by atoms with van der Waals surface area (Å²) in [5.41, 5.74) is 2.09. The smallest absolute Gasteiger partial charge is 0.251 e. The zero-order valence-electron chi connectivity index (χ0n) is 14.9. The number of aliphatic hydroxyl groups is 1. The van der Waals surface area contributed by atoms with Gasteiger partial charge in [-0.3, -0.25) is 4.79 Å². The molecule has 1 aliphatic carbocycles. The van der Waals surface area contributed by atoms with Crippen LogP contribution in [0.2, 0.25) is 0 Å². The highest BCUT2D eigenvalue weighted by atomic mass is 16.3. The Morgan fingerprint density at radius 2 is 2.00 bits per heavy atom. The van der Waals surface area contributed by atoms with Crippen LogP contribution in [0.1, 0.15) is 41.2 Å². The Morgan fingerprint density at radius 3 is 2.70 bits per heavy atom. The maximum atomic E-state index is 12.7. The minimum atomic E-state index is -0.448. The second-order valence-electron chi connectivity index (χ2n) is 6.86. The van der Waals surface area contributed by atoms with Gasteiger partial charge in [-0.2, -0.15) is 0 Å². The second-order valence-corrected chi connectivity index (χ2v) is 6.86. The number of aromatic nitrogens is 2. The van der Waals surface area contributed by atoms with Crippen LogP contribution >= 0.6 is 0 Å². The zero-order chi connectivity index (χ0) is 18.6. The van der Waals surface area contributed by atoms with Crippen molar-refractivity contribution in [1.82, 2.24) is 15.3 Å². The summed E-state index contributed by atoms with van der Waals surface area (Å²) in [7, 11) is 0. The van der Waals surface area contributed by atoms with Gasteiger partial charge in [0.25, 0.3) is 5.91 Å². The first kappa shape index (κ1) is 17.4. The summed E-state index contributed by atoms with van der Waals surface area (Å²) >= 11 is 0. The second kappa shape index (κ2) is 7.72. The lowest BCUT2D eigenvalue weighted by atomic mass is 9.93. The molecule has 3 aromatic rings. The van der Waals surface area contributed by atoms with E-state index in [0.717, 1.165) is 29.3 Å². The Bertz CT molecular complexity index is 941. The van der Waals surface area contributed by atoms with Gasteiger partial charge in [-0.1, -0.05) is 36.4 Å². The molecule has 6 heteroatoms. The molecule has 0 bridgehead atoms. The normalized spacial score (nSPS) is 15.1. The Morgan fingerprint density at radius 1 is 1.19 bits per heavy atom. The van der Waals surface area contributed by atoms with E-state index >= 15 is 0 Å². The highest BCUT2D eigenvalue weighted by Crippen LogP contribution is 2.23. The Balaban J connectivity index is 1.53. The van der Waals surface area contributed by atoms with Gasteiger partial charge in [-0.25, -0.2) is 9.97 Å². The highest BCUT2D eigenvalue weighted by molar-refractivity contribution is 5.98. The number of rotatable bonds is 6. The average Bonchev–Trinajstić information content (AvgIpc) is 2.68. The van der Waals surface area contributed by atoms with Crippen LogP contribution in [0.15, 0.2) is 54.7 Å². The van der Waals surface area contributed by atoms with E-state index in [9.17, 15) is 9.90 Å². The zero-order valence-corrected chi connectivity index (χ0v) is 14.9. The number of carbonyl (C=O) groups is 1. The molecule has 0 saturated heterocycles. The summed E-state index contributed by atoms with van der Waals surface area (Å²) < 4.78 is 0. The molecule has 0 unspecified atom stereocenters. The molecule has 3 N–H and O–H groups in total. The summed E-state index contributed by atoms with van der Waals surface area (Å²) in [6, 6.07) is 14.8. The van der Waals surface area contributed by atoms with E-state index in [4.69, 9.17) is 0 Å². The third-order valence-electron chi connectivity index (χ3n) is 4.97. The standard InChI is InChI=1S/C21H22N4O2/c26-13-19(14-5-2-1-3-6-14)24-20(27)15-9-10-16-12-22-21(25-18(16)11-15)23-17-7-4-8-17/h1-3,5-6,9-12,17,19,26H,4,7-8,13H2,(H,24,27)(H,22,23,25)/t19-/m1/s1. The molecular formula is C21H22N4O2. The van der Waals surface area contributed by atoms with E-state index in [-0.39, 0.29) is 12.5 Å². The van der Waals surface area contributed by atoms with E-state index in [0.29, 0.717) is 17.6 Å². The van der Waals surface area contributed by atoms with E-state index in [1.54, 1.807) is 18.3 Å². The summed E-state index contributed by atoms with van der Waals surface area (Å²) in [5.74, 6) is 0.356. The van der Waals surface area contributed by atoms with Crippen LogP contribution in [-0.2, 0) is 0 Å². The predicted octanol–water partition coefficient (Wildman–Crippen LogP) is 3.06. The number of aliphatic hydroxyl groups excluding tert-OH is 1. The van der Waals surface area contributed by atoms with Gasteiger partial charge >= 0.3 is 0 Å². The molecule has 1 heterocycles. The maximum absolute atomic E-state index is 12.7. The Hall–Kier alpha value is -2.99. The summed E-state index contributed by atoms with van der Waals surface area (Å²) in [6.45, 7) is -0.166. The quantitative estimate of drug-likeness (QED) is 0.627. The van der Waals surface area contributed by atoms with Crippen molar-refractivity contribution in [3.05, 3.63) is 65.9 Å². The summed E-state index contributed by atoms with van der Waals surface area (Å²) in [6.07, 6.45) is 5.30. The summed E-state index contributed by atoms with van der Waals surface area (Å²) in [5, 5.41) is 16.7. The van der Waals surface area contributed by atoms with Gasteiger partial charge < -0.3 is 15.7 Å². The molecule has 0 radical (unpaired) electrons. The van der Waals surface area contributed by atoms with Crippen molar-refractivity contribution in [2.45, 2.75) is 31.3 Å². The first-order chi connectivity index (χ1) is 13.2. The number of amides is 1. The minimum absolute atomic E-state index is 0.166. The number of hydrogen-bond acceptors (Lipinski definition) is 5. The number of fused-ring (bicyclic) bond motifs is 1. The highest BCUT2D eigenvalue weighted by Gasteiger charge is 2.18. The molecule has 1 saturated carbocycles. The van der Waals surface area contributed by atoms with Crippen LogP contribution in [0.25, 0.3) is 10.9 Å². The van der Waals surface area contributed by atoms with Crippen molar-refractivity contribution in [2.75, 3.05) is 11.9 Å². The van der Waals surface area contributed by atoms with E-state index in [1.807, 2.05) is 36.4 Å². The van der Waals surface area contributed by atoms with Gasteiger partial charge in [0.1, 0.15) is 0 Å². The average molecular weight is 362 g/mol. The van der Waals surface area contributed by atoms with Crippen molar-refractivity contribution in [2.24, 2.45) is 0 Å². The first-order valence-electron chi connectivity index (χ1n) is 9.23. The van der Waals surface area contributed by atoms with Crippen molar-refractivity contribution in [3.63, 3.8) is 0 Å². The number of nitrogens with zero attached hydrogens (tertiary/aromatic N) is 2. The molecule has 6 nitrogen and oxygen atoms in total. The van der Waals surface area contributed by atoms with Crippen LogP contribution in [-0.4, -0.2) is 33.6 Å². The number of nitrogens with one attached hydrogen (secondary N) is 2. The van der Waals surface area contributed by atoms with Gasteiger partial charge in [0.2, 0.25) is 5.95 Å². The number of benzene rings is 2. The molecule has 2 aromatic carbocycles. The fourth-order valence-corrected chi connectivity index (χ4v) is 3.13. The molecule has 0 spiro atoms. The first-order valence-corrected chi connectivity index (χ1v) is 9.23. The Kier molecular flexibility index (Phi) is 4.98. The molecule has 27 heavy (non-hydrogen) atoms. The molecule has 0 aliphatic heterocycles. The molecule has 138 valence electrons. The lowest BCUT2D eigenvalue weighted by molar-refractivity contribution is 0.0916. The lowest BCUT2D eigenvalue weighted by Crippen LogP contribution is -2.30. The lowest BCUT2D eigenvalue weighted by Gasteiger charge is -2.26. The molecule has 1 atom stereocenters. The molecule has 1 aliphatic rings. The predicted molar refractivity (Wildman–Crippen MR) is 105 cm³/mol. The SMILES string of the molecule is O=C(N[C@H](CO)c1ccccc1)c1ccc2cnc(NC3CCC3)nc2c1. The number of carbonyl (C=O) groups excluding carboxylic acids is 1. The topological polar surface area (TPSA) is 87.1 Å². The van der Waals surface area contributed by atoms with Crippen LogP contribution in [0.3, 0.4) is 0 Å². The third-order valence-corrected chi connectivity index (χ3v) is 4.97. The number of anilines is 1.